The van der Waals surface area contributed by atoms with Crippen molar-refractivity contribution in [1.29, 1.82) is 5.26 Å². The average molecular weight is 435 g/mol. The van der Waals surface area contributed by atoms with Gasteiger partial charge in [-0.15, -0.1) is 0 Å². The Balaban J connectivity index is 1.97. The number of urea groups is 1. The topological polar surface area (TPSA) is 117 Å². The van der Waals surface area contributed by atoms with E-state index in [-0.39, 0.29) is 42.4 Å². The Morgan fingerprint density at radius 2 is 1.86 bits per heavy atom. The fourth-order valence-corrected chi connectivity index (χ4v) is 4.88. The Bertz CT molecular complexity index is 1070. The summed E-state index contributed by atoms with van der Waals surface area (Å²) < 4.78 is 33.6. The number of aryl methyl sites for hydroxylation is 1. The molecule has 3 rings (SSSR count). The Morgan fingerprint density at radius 1 is 1.17 bits per heavy atom. The number of hydrogen-bond donors (Lipinski definition) is 1. The second-order valence-electron chi connectivity index (χ2n) is 6.57. The molecule has 1 saturated heterocycles. The van der Waals surface area contributed by atoms with E-state index in [9.17, 15) is 18.5 Å². The first-order chi connectivity index (χ1) is 13.7. The summed E-state index contributed by atoms with van der Waals surface area (Å²) in [5.74, 6) is 0.470. The number of benzene rings is 2. The largest absolute Gasteiger partial charge is 0.456 e. The van der Waals surface area contributed by atoms with Crippen molar-refractivity contribution in [3.8, 4) is 17.6 Å². The molecule has 1 heterocycles. The van der Waals surface area contributed by atoms with Crippen molar-refractivity contribution >= 4 is 27.7 Å². The third kappa shape index (κ3) is 4.62. The van der Waals surface area contributed by atoms with Crippen LogP contribution in [0.1, 0.15) is 11.1 Å². The molecule has 0 aliphatic carbocycles. The predicted octanol–water partition coefficient (Wildman–Crippen LogP) is 2.70. The van der Waals surface area contributed by atoms with Crippen molar-refractivity contribution in [3.05, 3.63) is 52.5 Å². The number of nitriles is 1. The van der Waals surface area contributed by atoms with Gasteiger partial charge in [0.05, 0.1) is 11.6 Å². The maximum absolute atomic E-state index is 13.3. The summed E-state index contributed by atoms with van der Waals surface area (Å²) in [6.45, 7) is 2.41. The van der Waals surface area contributed by atoms with E-state index in [0.29, 0.717) is 10.8 Å². The minimum absolute atomic E-state index is 0.0861. The molecule has 1 aliphatic heterocycles. The van der Waals surface area contributed by atoms with Crippen molar-refractivity contribution in [2.45, 2.75) is 11.8 Å². The second-order valence-corrected chi connectivity index (χ2v) is 8.91. The molecule has 0 radical (unpaired) electrons. The minimum atomic E-state index is -3.97. The highest BCUT2D eigenvalue weighted by atomic mass is 35.5. The molecule has 2 N–H and O–H groups in total. The van der Waals surface area contributed by atoms with Gasteiger partial charge >= 0.3 is 6.03 Å². The summed E-state index contributed by atoms with van der Waals surface area (Å²) in [6, 6.07) is 10.6. The summed E-state index contributed by atoms with van der Waals surface area (Å²) in [5.41, 5.74) is 6.30. The molecule has 0 unspecified atom stereocenters. The van der Waals surface area contributed by atoms with Crippen molar-refractivity contribution < 1.29 is 17.9 Å². The van der Waals surface area contributed by atoms with Gasteiger partial charge in [-0.2, -0.15) is 9.57 Å². The quantitative estimate of drug-likeness (QED) is 0.793. The van der Waals surface area contributed by atoms with Gasteiger partial charge in [0.15, 0.2) is 0 Å². The highest BCUT2D eigenvalue weighted by Gasteiger charge is 2.32. The number of nitrogens with zero attached hydrogens (tertiary/aromatic N) is 3. The maximum atomic E-state index is 13.3. The number of hydrogen-bond acceptors (Lipinski definition) is 5. The van der Waals surface area contributed by atoms with E-state index in [1.165, 1.54) is 27.4 Å². The molecule has 8 nitrogen and oxygen atoms in total. The molecule has 0 saturated carbocycles. The Kier molecular flexibility index (Phi) is 5.98. The van der Waals surface area contributed by atoms with Crippen LogP contribution in [0.3, 0.4) is 0 Å². The van der Waals surface area contributed by atoms with Gasteiger partial charge in [0, 0.05) is 31.2 Å². The summed E-state index contributed by atoms with van der Waals surface area (Å²) in [7, 11) is -3.97. The molecule has 1 fully saturated rings. The second kappa shape index (κ2) is 8.29. The Labute approximate surface area is 174 Å². The standard InChI is InChI=1S/C19H19ClN4O4S/c1-13-8-15(20)11-16(9-13)28-17-3-2-14(12-21)10-18(17)29(26,27)24-6-4-23(5-7-24)19(22)25/h2-3,8-11H,4-7H2,1H3,(H2,22,25). The zero-order valence-corrected chi connectivity index (χ0v) is 17.2. The lowest BCUT2D eigenvalue weighted by Crippen LogP contribution is -2.52. The predicted molar refractivity (Wildman–Crippen MR) is 107 cm³/mol. The summed E-state index contributed by atoms with van der Waals surface area (Å²) in [6.07, 6.45) is 0. The number of carbonyl (C=O) groups excluding carboxylic acids is 1. The van der Waals surface area contributed by atoms with Crippen molar-refractivity contribution in [2.75, 3.05) is 26.2 Å². The summed E-state index contributed by atoms with van der Waals surface area (Å²) in [5, 5.41) is 9.67. The Morgan fingerprint density at radius 3 is 2.45 bits per heavy atom. The van der Waals surface area contributed by atoms with Crippen LogP contribution in [0, 0.1) is 18.3 Å². The van der Waals surface area contributed by atoms with Gasteiger partial charge in [0.25, 0.3) is 0 Å². The van der Waals surface area contributed by atoms with E-state index < -0.39 is 16.1 Å². The molecule has 2 aromatic rings. The van der Waals surface area contributed by atoms with Crippen LogP contribution in [0.25, 0.3) is 0 Å². The van der Waals surface area contributed by atoms with Crippen LogP contribution in [0.4, 0.5) is 4.79 Å². The van der Waals surface area contributed by atoms with Crippen LogP contribution in [0.5, 0.6) is 11.5 Å². The third-order valence-corrected chi connectivity index (χ3v) is 6.62. The molecule has 29 heavy (non-hydrogen) atoms. The number of primary amides is 1. The van der Waals surface area contributed by atoms with Crippen molar-refractivity contribution in [2.24, 2.45) is 5.73 Å². The summed E-state index contributed by atoms with van der Waals surface area (Å²) in [4.78, 5) is 12.5. The number of sulfonamides is 1. The molecule has 0 spiro atoms. The van der Waals surface area contributed by atoms with E-state index in [4.69, 9.17) is 22.1 Å². The maximum Gasteiger partial charge on any atom is 0.314 e. The SMILES string of the molecule is Cc1cc(Cl)cc(Oc2ccc(C#N)cc2S(=O)(=O)N2CCN(C(N)=O)CC2)c1. The summed E-state index contributed by atoms with van der Waals surface area (Å²) >= 11 is 6.06. The lowest BCUT2D eigenvalue weighted by molar-refractivity contribution is 0.180. The molecule has 0 atom stereocenters. The first-order valence-electron chi connectivity index (χ1n) is 8.74. The first kappa shape index (κ1) is 20.9. The lowest BCUT2D eigenvalue weighted by Gasteiger charge is -2.33. The van der Waals surface area contributed by atoms with E-state index in [0.717, 1.165) is 5.56 Å². The van der Waals surface area contributed by atoms with Gasteiger partial charge in [-0.05, 0) is 48.9 Å². The molecular weight excluding hydrogens is 416 g/mol. The smallest absolute Gasteiger partial charge is 0.314 e. The number of piperazine rings is 1. The van der Waals surface area contributed by atoms with Crippen LogP contribution >= 0.6 is 11.6 Å². The van der Waals surface area contributed by atoms with Crippen LogP contribution in [-0.4, -0.2) is 49.8 Å². The van der Waals surface area contributed by atoms with Crippen LogP contribution in [0.2, 0.25) is 5.02 Å². The minimum Gasteiger partial charge on any atom is -0.456 e. The normalized spacial score (nSPS) is 15.0. The molecule has 2 amide bonds. The molecule has 0 aromatic heterocycles. The van der Waals surface area contributed by atoms with E-state index in [2.05, 4.69) is 0 Å². The average Bonchev–Trinajstić information content (AvgIpc) is 2.67. The number of nitrogens with two attached hydrogens (primary N) is 1. The Hall–Kier alpha value is -2.80. The molecule has 1 aliphatic rings. The van der Waals surface area contributed by atoms with E-state index in [1.807, 2.05) is 13.0 Å². The zero-order chi connectivity index (χ0) is 21.2. The molecular formula is C19H19ClN4O4S. The van der Waals surface area contributed by atoms with E-state index >= 15 is 0 Å². The van der Waals surface area contributed by atoms with Gasteiger partial charge in [-0.1, -0.05) is 11.6 Å². The molecule has 152 valence electrons. The van der Waals surface area contributed by atoms with Gasteiger partial charge in [0.1, 0.15) is 16.4 Å². The number of rotatable bonds is 4. The fourth-order valence-electron chi connectivity index (χ4n) is 3.04. The number of amides is 2. The monoisotopic (exact) mass is 434 g/mol. The molecule has 10 heteroatoms. The number of halogens is 1. The van der Waals surface area contributed by atoms with Crippen LogP contribution in [0.15, 0.2) is 41.3 Å². The van der Waals surface area contributed by atoms with Crippen molar-refractivity contribution in [1.82, 2.24) is 9.21 Å². The van der Waals surface area contributed by atoms with Gasteiger partial charge in [-0.25, -0.2) is 13.2 Å². The van der Waals surface area contributed by atoms with Crippen LogP contribution < -0.4 is 10.5 Å². The molecule has 2 aromatic carbocycles. The van der Waals surface area contributed by atoms with Gasteiger partial charge < -0.3 is 15.4 Å². The fraction of sp³-hybridized carbons (Fsp3) is 0.263. The highest BCUT2D eigenvalue weighted by molar-refractivity contribution is 7.89. The lowest BCUT2D eigenvalue weighted by atomic mass is 10.2. The third-order valence-electron chi connectivity index (χ3n) is 4.48. The first-order valence-corrected chi connectivity index (χ1v) is 10.6. The zero-order valence-electron chi connectivity index (χ0n) is 15.6. The van der Waals surface area contributed by atoms with Gasteiger partial charge in [0.2, 0.25) is 10.0 Å². The number of carbonyl (C=O) groups is 1. The van der Waals surface area contributed by atoms with E-state index in [1.54, 1.807) is 18.2 Å². The highest BCUT2D eigenvalue weighted by Crippen LogP contribution is 2.33. The van der Waals surface area contributed by atoms with Gasteiger partial charge in [-0.3, -0.25) is 0 Å². The van der Waals surface area contributed by atoms with Crippen LogP contribution in [-0.2, 0) is 10.0 Å². The van der Waals surface area contributed by atoms with Crippen molar-refractivity contribution in [3.63, 3.8) is 0 Å². The molecule has 0 bridgehead atoms. The number of ether oxygens (including phenoxy) is 1.